The standard InChI is InChI=1S/C21H24N4O/c1-21(2)9-12-22-18(13-21)20(26)25-15-5-3-14(4-6-15)16-7-10-23-19-17(16)8-11-24-19/h3-8,10-11,18,22H,9,12-13H2,1-2H3,(H,23,24)(H,25,26). The fourth-order valence-corrected chi connectivity index (χ4v) is 3.67. The van der Waals surface area contributed by atoms with Crippen molar-refractivity contribution in [2.75, 3.05) is 11.9 Å². The quantitative estimate of drug-likeness (QED) is 0.671. The van der Waals surface area contributed by atoms with E-state index >= 15 is 0 Å². The molecule has 1 atom stereocenters. The van der Waals surface area contributed by atoms with E-state index in [1.165, 1.54) is 0 Å². The van der Waals surface area contributed by atoms with Crippen LogP contribution in [0, 0.1) is 5.41 Å². The molecule has 1 aliphatic rings. The lowest BCUT2D eigenvalue weighted by Gasteiger charge is -2.35. The summed E-state index contributed by atoms with van der Waals surface area (Å²) in [5.74, 6) is 0.0439. The molecule has 26 heavy (non-hydrogen) atoms. The van der Waals surface area contributed by atoms with Gasteiger partial charge in [0.05, 0.1) is 6.04 Å². The Morgan fingerprint density at radius 2 is 2.00 bits per heavy atom. The number of carbonyl (C=O) groups is 1. The van der Waals surface area contributed by atoms with Crippen LogP contribution in [0.15, 0.2) is 48.8 Å². The molecule has 1 aromatic carbocycles. The number of aromatic amines is 1. The Bertz CT molecular complexity index is 927. The Hall–Kier alpha value is -2.66. The molecular weight excluding hydrogens is 324 g/mol. The Balaban J connectivity index is 1.50. The summed E-state index contributed by atoms with van der Waals surface area (Å²) in [5, 5.41) is 7.46. The van der Waals surface area contributed by atoms with Gasteiger partial charge in [0.15, 0.2) is 0 Å². The molecule has 0 radical (unpaired) electrons. The summed E-state index contributed by atoms with van der Waals surface area (Å²) in [7, 11) is 0. The maximum absolute atomic E-state index is 12.6. The molecule has 4 rings (SSSR count). The SMILES string of the molecule is CC1(C)CCNC(C(=O)Nc2ccc(-c3ccnc4[nH]ccc34)cc2)C1. The smallest absolute Gasteiger partial charge is 0.241 e. The molecule has 0 aliphatic carbocycles. The van der Waals surface area contributed by atoms with Crippen molar-refractivity contribution in [2.24, 2.45) is 5.41 Å². The van der Waals surface area contributed by atoms with Crippen LogP contribution in [-0.4, -0.2) is 28.5 Å². The number of rotatable bonds is 3. The van der Waals surface area contributed by atoms with Crippen LogP contribution in [-0.2, 0) is 4.79 Å². The molecule has 2 aromatic heterocycles. The second-order valence-electron chi connectivity index (χ2n) is 7.79. The number of anilines is 1. The van der Waals surface area contributed by atoms with Crippen molar-refractivity contribution >= 4 is 22.6 Å². The van der Waals surface area contributed by atoms with Crippen molar-refractivity contribution < 1.29 is 4.79 Å². The van der Waals surface area contributed by atoms with Gasteiger partial charge >= 0.3 is 0 Å². The van der Waals surface area contributed by atoms with E-state index in [1.54, 1.807) is 6.20 Å². The number of aromatic nitrogens is 2. The van der Waals surface area contributed by atoms with Crippen LogP contribution >= 0.6 is 0 Å². The monoisotopic (exact) mass is 348 g/mol. The minimum Gasteiger partial charge on any atom is -0.346 e. The summed E-state index contributed by atoms with van der Waals surface area (Å²) in [6.07, 6.45) is 5.67. The third-order valence-electron chi connectivity index (χ3n) is 5.19. The summed E-state index contributed by atoms with van der Waals surface area (Å²) in [6, 6.07) is 11.9. The van der Waals surface area contributed by atoms with E-state index in [-0.39, 0.29) is 17.4 Å². The molecule has 1 saturated heterocycles. The zero-order valence-electron chi connectivity index (χ0n) is 15.2. The van der Waals surface area contributed by atoms with Gasteiger partial charge in [-0.05, 0) is 60.2 Å². The highest BCUT2D eigenvalue weighted by molar-refractivity contribution is 5.96. The average Bonchev–Trinajstić information content (AvgIpc) is 3.10. The van der Waals surface area contributed by atoms with Crippen LogP contribution in [0.25, 0.3) is 22.2 Å². The van der Waals surface area contributed by atoms with Gasteiger partial charge in [0, 0.05) is 23.5 Å². The van der Waals surface area contributed by atoms with Crippen LogP contribution in [0.5, 0.6) is 0 Å². The third-order valence-corrected chi connectivity index (χ3v) is 5.19. The molecular formula is C21H24N4O. The third kappa shape index (κ3) is 3.35. The number of fused-ring (bicyclic) bond motifs is 1. The second kappa shape index (κ2) is 6.57. The zero-order chi connectivity index (χ0) is 18.1. The van der Waals surface area contributed by atoms with Crippen LogP contribution in [0.4, 0.5) is 5.69 Å². The summed E-state index contributed by atoms with van der Waals surface area (Å²) in [6.45, 7) is 5.33. The molecule has 0 spiro atoms. The summed E-state index contributed by atoms with van der Waals surface area (Å²) in [5.41, 5.74) is 4.14. The van der Waals surface area contributed by atoms with Gasteiger partial charge in [0.2, 0.25) is 5.91 Å². The van der Waals surface area contributed by atoms with E-state index in [2.05, 4.69) is 34.4 Å². The number of nitrogens with zero attached hydrogens (tertiary/aromatic N) is 1. The summed E-state index contributed by atoms with van der Waals surface area (Å²) < 4.78 is 0. The topological polar surface area (TPSA) is 69.8 Å². The van der Waals surface area contributed by atoms with Gasteiger partial charge in [-0.1, -0.05) is 26.0 Å². The highest BCUT2D eigenvalue weighted by Gasteiger charge is 2.31. The van der Waals surface area contributed by atoms with E-state index < -0.39 is 0 Å². The minimum atomic E-state index is -0.127. The van der Waals surface area contributed by atoms with E-state index in [4.69, 9.17) is 0 Å². The largest absolute Gasteiger partial charge is 0.346 e. The fraction of sp³-hybridized carbons (Fsp3) is 0.333. The van der Waals surface area contributed by atoms with Crippen molar-refractivity contribution in [3.63, 3.8) is 0 Å². The second-order valence-corrected chi connectivity index (χ2v) is 7.79. The van der Waals surface area contributed by atoms with Crippen LogP contribution < -0.4 is 10.6 Å². The van der Waals surface area contributed by atoms with Crippen molar-refractivity contribution in [3.8, 4) is 11.1 Å². The summed E-state index contributed by atoms with van der Waals surface area (Å²) in [4.78, 5) is 20.0. The number of H-pyrrole nitrogens is 1. The molecule has 0 bridgehead atoms. The molecule has 3 N–H and O–H groups in total. The molecule has 5 heteroatoms. The Kier molecular flexibility index (Phi) is 4.24. The van der Waals surface area contributed by atoms with Crippen molar-refractivity contribution in [2.45, 2.75) is 32.7 Å². The van der Waals surface area contributed by atoms with Gasteiger partial charge in [-0.25, -0.2) is 4.98 Å². The first kappa shape index (κ1) is 16.8. The number of nitrogens with one attached hydrogen (secondary N) is 3. The number of benzene rings is 1. The maximum atomic E-state index is 12.6. The minimum absolute atomic E-state index is 0.0439. The summed E-state index contributed by atoms with van der Waals surface area (Å²) >= 11 is 0. The Labute approximate surface area is 153 Å². The Morgan fingerprint density at radius 3 is 2.77 bits per heavy atom. The lowest BCUT2D eigenvalue weighted by molar-refractivity contribution is -0.119. The molecule has 1 fully saturated rings. The lowest BCUT2D eigenvalue weighted by atomic mass is 9.79. The first-order valence-electron chi connectivity index (χ1n) is 9.09. The number of amides is 1. The first-order chi connectivity index (χ1) is 12.5. The van der Waals surface area contributed by atoms with Crippen LogP contribution in [0.3, 0.4) is 0 Å². The van der Waals surface area contributed by atoms with Crippen molar-refractivity contribution in [1.82, 2.24) is 15.3 Å². The molecule has 1 unspecified atom stereocenters. The molecule has 3 aromatic rings. The molecule has 1 amide bonds. The van der Waals surface area contributed by atoms with Gasteiger partial charge in [0.25, 0.3) is 0 Å². The number of pyridine rings is 1. The molecule has 5 nitrogen and oxygen atoms in total. The molecule has 134 valence electrons. The predicted molar refractivity (Wildman–Crippen MR) is 105 cm³/mol. The van der Waals surface area contributed by atoms with Crippen molar-refractivity contribution in [3.05, 3.63) is 48.8 Å². The van der Waals surface area contributed by atoms with Crippen molar-refractivity contribution in [1.29, 1.82) is 0 Å². The van der Waals surface area contributed by atoms with E-state index in [9.17, 15) is 4.79 Å². The number of carbonyl (C=O) groups excluding carboxylic acids is 1. The van der Waals surface area contributed by atoms with E-state index in [1.807, 2.05) is 42.6 Å². The molecule has 1 aliphatic heterocycles. The first-order valence-corrected chi connectivity index (χ1v) is 9.09. The highest BCUT2D eigenvalue weighted by Crippen LogP contribution is 2.30. The lowest BCUT2D eigenvalue weighted by Crippen LogP contribution is -2.48. The van der Waals surface area contributed by atoms with Gasteiger partial charge in [-0.3, -0.25) is 4.79 Å². The number of hydrogen-bond acceptors (Lipinski definition) is 3. The normalized spacial score (nSPS) is 19.4. The Morgan fingerprint density at radius 1 is 1.19 bits per heavy atom. The van der Waals surface area contributed by atoms with Gasteiger partial charge in [0.1, 0.15) is 5.65 Å². The van der Waals surface area contributed by atoms with Gasteiger partial charge < -0.3 is 15.6 Å². The van der Waals surface area contributed by atoms with Crippen LogP contribution in [0.1, 0.15) is 26.7 Å². The zero-order valence-corrected chi connectivity index (χ0v) is 15.2. The highest BCUT2D eigenvalue weighted by atomic mass is 16.2. The van der Waals surface area contributed by atoms with E-state index in [0.717, 1.165) is 47.2 Å². The molecule has 3 heterocycles. The number of piperidine rings is 1. The van der Waals surface area contributed by atoms with Gasteiger partial charge in [-0.2, -0.15) is 0 Å². The van der Waals surface area contributed by atoms with Crippen LogP contribution in [0.2, 0.25) is 0 Å². The molecule has 0 saturated carbocycles. The average molecular weight is 348 g/mol. The fourth-order valence-electron chi connectivity index (χ4n) is 3.67. The van der Waals surface area contributed by atoms with E-state index in [0.29, 0.717) is 0 Å². The predicted octanol–water partition coefficient (Wildman–Crippen LogP) is 3.95. The number of hydrogen-bond donors (Lipinski definition) is 3. The van der Waals surface area contributed by atoms with Gasteiger partial charge in [-0.15, -0.1) is 0 Å². The maximum Gasteiger partial charge on any atom is 0.241 e.